The van der Waals surface area contributed by atoms with Gasteiger partial charge in [-0.05, 0) is 89.4 Å². The number of allylic oxidation sites excluding steroid dienone is 2. The molecule has 1 unspecified atom stereocenters. The lowest BCUT2D eigenvalue weighted by Crippen LogP contribution is -2.58. The normalized spacial score (nSPS) is 38.7. The summed E-state index contributed by atoms with van der Waals surface area (Å²) in [5, 5.41) is 2.94. The maximum absolute atomic E-state index is 13.7. The van der Waals surface area contributed by atoms with Gasteiger partial charge in [-0.3, -0.25) is 9.69 Å². The number of piperidine rings is 1. The van der Waals surface area contributed by atoms with Crippen LogP contribution >= 0.6 is 0 Å². The van der Waals surface area contributed by atoms with E-state index in [1.54, 1.807) is 0 Å². The maximum Gasteiger partial charge on any atom is 0.324 e. The quantitative estimate of drug-likeness (QED) is 0.634. The molecule has 0 bridgehead atoms. The molecular weight excluding hydrogens is 398 g/mol. The summed E-state index contributed by atoms with van der Waals surface area (Å²) in [7, 11) is 2.15. The van der Waals surface area contributed by atoms with Gasteiger partial charge in [-0.2, -0.15) is 0 Å². The van der Waals surface area contributed by atoms with Crippen LogP contribution in [0.5, 0.6) is 0 Å². The van der Waals surface area contributed by atoms with Crippen molar-refractivity contribution in [3.05, 3.63) is 11.8 Å². The van der Waals surface area contributed by atoms with Crippen molar-refractivity contribution in [1.82, 2.24) is 15.1 Å². The molecule has 4 rings (SSSR count). The summed E-state index contributed by atoms with van der Waals surface area (Å²) in [6, 6.07) is -0.390. The number of rotatable bonds is 3. The number of amides is 3. The molecule has 0 spiro atoms. The number of carbonyl (C=O) groups excluding carboxylic acids is 2. The second kappa shape index (κ2) is 8.36. The number of carbonyl (C=O) groups is 2. The Balaban J connectivity index is 1.60. The van der Waals surface area contributed by atoms with Gasteiger partial charge in [-0.15, -0.1) is 0 Å². The molecule has 5 heteroatoms. The van der Waals surface area contributed by atoms with Crippen LogP contribution in [0, 0.1) is 34.5 Å². The molecule has 0 aromatic carbocycles. The van der Waals surface area contributed by atoms with E-state index in [1.807, 2.05) is 27.7 Å². The van der Waals surface area contributed by atoms with Gasteiger partial charge in [-0.1, -0.05) is 26.3 Å². The molecule has 0 aromatic heterocycles. The van der Waals surface area contributed by atoms with E-state index in [1.165, 1.54) is 49.1 Å². The first-order chi connectivity index (χ1) is 15.0. The highest BCUT2D eigenvalue weighted by atomic mass is 16.2. The summed E-state index contributed by atoms with van der Waals surface area (Å²) in [6.07, 6.45) is 11.3. The van der Waals surface area contributed by atoms with E-state index in [9.17, 15) is 9.59 Å². The monoisotopic (exact) mass is 443 g/mol. The van der Waals surface area contributed by atoms with E-state index in [2.05, 4.69) is 37.2 Å². The standard InChI is InChI=1S/C27H45N3O2/c1-17(2)28-25(32)30(18(3)4)24(31)19-15-27(6)22-12-14-26(5)13-8-9-21(26)20(22)10-11-23(27)29(7)16-19/h11,17-22H,8-10,12-16H2,1-7H3,(H,28,32)/t19?,20-,21-,22+,26-,27+/m0/s1. The van der Waals surface area contributed by atoms with Crippen LogP contribution in [0.25, 0.3) is 0 Å². The average molecular weight is 444 g/mol. The highest BCUT2D eigenvalue weighted by Gasteiger charge is 2.57. The molecule has 5 nitrogen and oxygen atoms in total. The van der Waals surface area contributed by atoms with E-state index in [0.717, 1.165) is 18.3 Å². The summed E-state index contributed by atoms with van der Waals surface area (Å²) in [5.74, 6) is 2.08. The van der Waals surface area contributed by atoms with Crippen LogP contribution in [-0.2, 0) is 4.79 Å². The number of hydrogen-bond acceptors (Lipinski definition) is 3. The van der Waals surface area contributed by atoms with Crippen LogP contribution in [0.15, 0.2) is 11.8 Å². The van der Waals surface area contributed by atoms with E-state index < -0.39 is 0 Å². The van der Waals surface area contributed by atoms with Crippen molar-refractivity contribution in [3.63, 3.8) is 0 Å². The van der Waals surface area contributed by atoms with Crippen LogP contribution in [0.1, 0.15) is 86.5 Å². The number of likely N-dealkylation sites (tertiary alicyclic amines) is 1. The van der Waals surface area contributed by atoms with E-state index in [-0.39, 0.29) is 35.4 Å². The molecule has 0 radical (unpaired) electrons. The predicted molar refractivity (Wildman–Crippen MR) is 129 cm³/mol. The number of urea groups is 1. The zero-order valence-electron chi connectivity index (χ0n) is 21.4. The first-order valence-electron chi connectivity index (χ1n) is 13.0. The van der Waals surface area contributed by atoms with Crippen molar-refractivity contribution in [3.8, 4) is 0 Å². The number of hydrogen-bond donors (Lipinski definition) is 1. The fraction of sp³-hybridized carbons (Fsp3) is 0.852. The average Bonchev–Trinajstić information content (AvgIpc) is 3.08. The summed E-state index contributed by atoms with van der Waals surface area (Å²) in [5.41, 5.74) is 2.01. The van der Waals surface area contributed by atoms with Gasteiger partial charge in [-0.25, -0.2) is 4.79 Å². The van der Waals surface area contributed by atoms with Crippen molar-refractivity contribution in [2.24, 2.45) is 34.5 Å². The third-order valence-corrected chi connectivity index (χ3v) is 9.52. The molecule has 2 saturated carbocycles. The minimum atomic E-state index is -0.255. The van der Waals surface area contributed by atoms with Gasteiger partial charge < -0.3 is 10.2 Å². The Hall–Kier alpha value is -1.52. The Labute approximate surface area is 195 Å². The maximum atomic E-state index is 13.7. The molecule has 0 aromatic rings. The topological polar surface area (TPSA) is 52.7 Å². The van der Waals surface area contributed by atoms with E-state index in [0.29, 0.717) is 17.9 Å². The molecular formula is C27H45N3O2. The van der Waals surface area contributed by atoms with E-state index >= 15 is 0 Å². The van der Waals surface area contributed by atoms with Gasteiger partial charge in [0.05, 0.1) is 5.92 Å². The molecule has 32 heavy (non-hydrogen) atoms. The number of imide groups is 1. The van der Waals surface area contributed by atoms with Gasteiger partial charge in [0, 0.05) is 36.8 Å². The van der Waals surface area contributed by atoms with Crippen LogP contribution in [0.4, 0.5) is 4.79 Å². The highest BCUT2D eigenvalue weighted by molar-refractivity contribution is 5.96. The molecule has 4 aliphatic rings. The lowest BCUT2D eigenvalue weighted by atomic mass is 9.49. The first-order valence-corrected chi connectivity index (χ1v) is 13.0. The van der Waals surface area contributed by atoms with Crippen LogP contribution in [0.3, 0.4) is 0 Å². The summed E-state index contributed by atoms with van der Waals surface area (Å²) in [4.78, 5) is 30.4. The Morgan fingerprint density at radius 1 is 1.12 bits per heavy atom. The van der Waals surface area contributed by atoms with Gasteiger partial charge >= 0.3 is 6.03 Å². The molecule has 3 aliphatic carbocycles. The van der Waals surface area contributed by atoms with Crippen molar-refractivity contribution in [2.45, 2.75) is 98.6 Å². The Morgan fingerprint density at radius 2 is 1.84 bits per heavy atom. The molecule has 3 fully saturated rings. The Bertz CT molecular complexity index is 790. The lowest BCUT2D eigenvalue weighted by Gasteiger charge is -2.59. The summed E-state index contributed by atoms with van der Waals surface area (Å²) in [6.45, 7) is 13.4. The lowest BCUT2D eigenvalue weighted by molar-refractivity contribution is -0.138. The van der Waals surface area contributed by atoms with Crippen molar-refractivity contribution >= 4 is 11.9 Å². The minimum Gasteiger partial charge on any atom is -0.377 e. The number of nitrogens with one attached hydrogen (secondary N) is 1. The Kier molecular flexibility index (Phi) is 6.17. The minimum absolute atomic E-state index is 0.00564. The van der Waals surface area contributed by atoms with Gasteiger partial charge in [0.15, 0.2) is 0 Å². The molecule has 1 aliphatic heterocycles. The molecule has 180 valence electrons. The SMILES string of the molecule is CC(C)NC(=O)N(C(=O)C1CN(C)C2=CC[C@@H]3[C@@H](CC[C@]4(C)CCC[C@@H]34)[C@@]2(C)C1)C(C)C. The van der Waals surface area contributed by atoms with Crippen molar-refractivity contribution in [1.29, 1.82) is 0 Å². The smallest absolute Gasteiger partial charge is 0.324 e. The largest absolute Gasteiger partial charge is 0.377 e. The number of fused-ring (bicyclic) bond motifs is 5. The fourth-order valence-electron chi connectivity index (χ4n) is 8.19. The molecule has 1 saturated heterocycles. The van der Waals surface area contributed by atoms with Crippen LogP contribution in [0.2, 0.25) is 0 Å². The van der Waals surface area contributed by atoms with Crippen LogP contribution in [-0.4, -0.2) is 47.4 Å². The molecule has 3 amide bonds. The zero-order chi connectivity index (χ0) is 23.4. The second-order valence-corrected chi connectivity index (χ2v) is 12.4. The third kappa shape index (κ3) is 3.77. The third-order valence-electron chi connectivity index (χ3n) is 9.52. The van der Waals surface area contributed by atoms with Crippen molar-refractivity contribution < 1.29 is 9.59 Å². The molecule has 1 heterocycles. The van der Waals surface area contributed by atoms with Gasteiger partial charge in [0.1, 0.15) is 0 Å². The summed E-state index contributed by atoms with van der Waals surface area (Å²) < 4.78 is 0. The predicted octanol–water partition coefficient (Wildman–Crippen LogP) is 5.42. The zero-order valence-corrected chi connectivity index (χ0v) is 21.4. The number of nitrogens with zero attached hydrogens (tertiary/aromatic N) is 2. The van der Waals surface area contributed by atoms with Crippen LogP contribution < -0.4 is 5.32 Å². The summed E-state index contributed by atoms with van der Waals surface area (Å²) >= 11 is 0. The highest BCUT2D eigenvalue weighted by Crippen LogP contribution is 2.64. The van der Waals surface area contributed by atoms with Gasteiger partial charge in [0.2, 0.25) is 5.91 Å². The molecule has 6 atom stereocenters. The fourth-order valence-corrected chi connectivity index (χ4v) is 8.19. The van der Waals surface area contributed by atoms with Gasteiger partial charge in [0.25, 0.3) is 0 Å². The second-order valence-electron chi connectivity index (χ2n) is 12.4. The molecule has 1 N–H and O–H groups in total. The Morgan fingerprint density at radius 3 is 2.50 bits per heavy atom. The van der Waals surface area contributed by atoms with Crippen molar-refractivity contribution in [2.75, 3.05) is 13.6 Å². The first kappa shape index (κ1) is 23.6. The van der Waals surface area contributed by atoms with E-state index in [4.69, 9.17) is 0 Å².